The minimum Gasteiger partial charge on any atom is -0.353 e. The number of aromatic nitrogens is 2. The normalized spacial score (nSPS) is 15.6. The van der Waals surface area contributed by atoms with Crippen molar-refractivity contribution in [1.29, 1.82) is 0 Å². The zero-order chi connectivity index (χ0) is 19.2. The third-order valence-corrected chi connectivity index (χ3v) is 5.79. The van der Waals surface area contributed by atoms with Crippen molar-refractivity contribution in [2.24, 2.45) is 7.05 Å². The lowest BCUT2D eigenvalue weighted by molar-refractivity contribution is -0.119. The highest BCUT2D eigenvalue weighted by Crippen LogP contribution is 2.16. The quantitative estimate of drug-likeness (QED) is 0.607. The second-order valence-corrected chi connectivity index (χ2v) is 7.91. The first-order chi connectivity index (χ1) is 13.0. The van der Waals surface area contributed by atoms with Crippen molar-refractivity contribution in [2.45, 2.75) is 37.5 Å². The molecule has 2 heterocycles. The molecule has 144 valence electrons. The smallest absolute Gasteiger partial charge is 0.254 e. The number of amides is 1. The van der Waals surface area contributed by atoms with Crippen LogP contribution < -0.4 is 10.9 Å². The number of thioether (sulfide) groups is 1. The Morgan fingerprint density at radius 3 is 2.67 bits per heavy atom. The molecule has 0 saturated carbocycles. The van der Waals surface area contributed by atoms with Gasteiger partial charge >= 0.3 is 0 Å². The van der Waals surface area contributed by atoms with E-state index in [0.717, 1.165) is 32.5 Å². The van der Waals surface area contributed by atoms with E-state index < -0.39 is 0 Å². The number of hydrogen-bond donors (Lipinski definition) is 1. The molecule has 1 fully saturated rings. The summed E-state index contributed by atoms with van der Waals surface area (Å²) in [6, 6.07) is 12.2. The van der Waals surface area contributed by atoms with Gasteiger partial charge in [0.05, 0.1) is 5.75 Å². The van der Waals surface area contributed by atoms with Gasteiger partial charge in [0, 0.05) is 44.5 Å². The summed E-state index contributed by atoms with van der Waals surface area (Å²) >= 11 is 1.30. The monoisotopic (exact) mass is 386 g/mol. The van der Waals surface area contributed by atoms with Gasteiger partial charge in [-0.3, -0.25) is 19.1 Å². The Morgan fingerprint density at radius 1 is 1.26 bits per heavy atom. The summed E-state index contributed by atoms with van der Waals surface area (Å²) in [5.74, 6) is 0.269. The van der Waals surface area contributed by atoms with E-state index in [9.17, 15) is 9.59 Å². The number of nitrogens with one attached hydrogen (secondary N) is 1. The lowest BCUT2D eigenvalue weighted by Crippen LogP contribution is -2.44. The number of likely N-dealkylation sites (tertiary alicyclic amines) is 1. The van der Waals surface area contributed by atoms with Crippen LogP contribution >= 0.6 is 11.8 Å². The SMILES string of the molecule is Cc1cc(=O)n(C)c(SCC(=O)NC2CCN(Cc3ccccc3)CC2)n1. The fourth-order valence-electron chi connectivity index (χ4n) is 3.23. The molecule has 1 aliphatic heterocycles. The van der Waals surface area contributed by atoms with Crippen molar-refractivity contribution in [1.82, 2.24) is 19.8 Å². The topological polar surface area (TPSA) is 67.2 Å². The Labute approximate surface area is 164 Å². The molecule has 0 unspecified atom stereocenters. The third-order valence-electron chi connectivity index (χ3n) is 4.76. The fourth-order valence-corrected chi connectivity index (χ4v) is 4.07. The van der Waals surface area contributed by atoms with E-state index in [2.05, 4.69) is 39.5 Å². The number of carbonyl (C=O) groups is 1. The molecule has 1 amide bonds. The van der Waals surface area contributed by atoms with E-state index >= 15 is 0 Å². The van der Waals surface area contributed by atoms with Gasteiger partial charge in [0.2, 0.25) is 5.91 Å². The van der Waals surface area contributed by atoms with Crippen LogP contribution in [0.5, 0.6) is 0 Å². The average molecular weight is 387 g/mol. The van der Waals surface area contributed by atoms with Crippen LogP contribution in [-0.2, 0) is 18.4 Å². The van der Waals surface area contributed by atoms with Gasteiger partial charge in [-0.1, -0.05) is 42.1 Å². The molecule has 1 aromatic heterocycles. The molecular formula is C20H26N4O2S. The second kappa shape index (κ2) is 9.19. The van der Waals surface area contributed by atoms with Crippen molar-refractivity contribution in [3.8, 4) is 0 Å². The number of piperidine rings is 1. The van der Waals surface area contributed by atoms with Crippen LogP contribution in [0, 0.1) is 6.92 Å². The summed E-state index contributed by atoms with van der Waals surface area (Å²) in [5, 5.41) is 3.70. The Morgan fingerprint density at radius 2 is 1.96 bits per heavy atom. The minimum atomic E-state index is -0.101. The zero-order valence-corrected chi connectivity index (χ0v) is 16.7. The van der Waals surface area contributed by atoms with Gasteiger partial charge in [-0.25, -0.2) is 4.98 Å². The Hall–Kier alpha value is -2.12. The summed E-state index contributed by atoms with van der Waals surface area (Å²) in [7, 11) is 1.68. The number of nitrogens with zero attached hydrogens (tertiary/aromatic N) is 3. The molecule has 6 nitrogen and oxygen atoms in total. The molecule has 1 N–H and O–H groups in total. The maximum absolute atomic E-state index is 12.3. The van der Waals surface area contributed by atoms with E-state index in [-0.39, 0.29) is 23.3 Å². The Bertz CT molecular complexity index is 830. The van der Waals surface area contributed by atoms with Crippen LogP contribution in [0.2, 0.25) is 0 Å². The number of aryl methyl sites for hydroxylation is 1. The highest BCUT2D eigenvalue weighted by atomic mass is 32.2. The molecule has 0 bridgehead atoms. The van der Waals surface area contributed by atoms with E-state index in [4.69, 9.17) is 0 Å². The van der Waals surface area contributed by atoms with Gasteiger partial charge < -0.3 is 5.32 Å². The first-order valence-corrected chi connectivity index (χ1v) is 10.2. The van der Waals surface area contributed by atoms with E-state index in [1.165, 1.54) is 28.0 Å². The van der Waals surface area contributed by atoms with Crippen LogP contribution in [0.15, 0.2) is 46.3 Å². The second-order valence-electron chi connectivity index (χ2n) is 6.97. The van der Waals surface area contributed by atoms with Gasteiger partial charge in [0.1, 0.15) is 0 Å². The van der Waals surface area contributed by atoms with Gasteiger partial charge in [0.15, 0.2) is 5.16 Å². The summed E-state index contributed by atoms with van der Waals surface area (Å²) in [4.78, 5) is 30.8. The summed E-state index contributed by atoms with van der Waals surface area (Å²) in [6.45, 7) is 4.72. The summed E-state index contributed by atoms with van der Waals surface area (Å²) in [6.07, 6.45) is 1.93. The van der Waals surface area contributed by atoms with Gasteiger partial charge in [0.25, 0.3) is 5.56 Å². The molecular weight excluding hydrogens is 360 g/mol. The summed E-state index contributed by atoms with van der Waals surface area (Å²) in [5.41, 5.74) is 1.90. The molecule has 0 radical (unpaired) electrons. The van der Waals surface area contributed by atoms with E-state index in [0.29, 0.717) is 10.9 Å². The standard InChI is InChI=1S/C20H26N4O2S/c1-15-12-19(26)23(2)20(21-15)27-14-18(25)22-17-8-10-24(11-9-17)13-16-6-4-3-5-7-16/h3-7,12,17H,8-11,13-14H2,1-2H3,(H,22,25). The van der Waals surface area contributed by atoms with Crippen LogP contribution in [-0.4, -0.2) is 45.2 Å². The molecule has 3 rings (SSSR count). The lowest BCUT2D eigenvalue weighted by Gasteiger charge is -2.32. The first-order valence-electron chi connectivity index (χ1n) is 9.24. The lowest BCUT2D eigenvalue weighted by atomic mass is 10.0. The molecule has 1 aliphatic rings. The zero-order valence-electron chi connectivity index (χ0n) is 15.9. The number of carbonyl (C=O) groups excluding carboxylic acids is 1. The number of rotatable bonds is 6. The Kier molecular flexibility index (Phi) is 6.68. The van der Waals surface area contributed by atoms with Gasteiger partial charge in [-0.05, 0) is 25.3 Å². The molecule has 1 aromatic carbocycles. The van der Waals surface area contributed by atoms with Gasteiger partial charge in [-0.15, -0.1) is 0 Å². The molecule has 7 heteroatoms. The van der Waals surface area contributed by atoms with Crippen LogP contribution in [0.3, 0.4) is 0 Å². The molecule has 0 aliphatic carbocycles. The fraction of sp³-hybridized carbons (Fsp3) is 0.450. The predicted octanol–water partition coefficient (Wildman–Crippen LogP) is 1.96. The molecule has 0 spiro atoms. The molecule has 0 atom stereocenters. The predicted molar refractivity (Wildman–Crippen MR) is 108 cm³/mol. The molecule has 2 aromatic rings. The number of benzene rings is 1. The van der Waals surface area contributed by atoms with E-state index in [1.807, 2.05) is 6.07 Å². The van der Waals surface area contributed by atoms with Gasteiger partial charge in [-0.2, -0.15) is 0 Å². The number of hydrogen-bond acceptors (Lipinski definition) is 5. The molecule has 27 heavy (non-hydrogen) atoms. The van der Waals surface area contributed by atoms with Crippen molar-refractivity contribution < 1.29 is 4.79 Å². The summed E-state index contributed by atoms with van der Waals surface area (Å²) < 4.78 is 1.48. The average Bonchev–Trinajstić information content (AvgIpc) is 2.66. The first kappa shape index (κ1) is 19.6. The van der Waals surface area contributed by atoms with Crippen molar-refractivity contribution >= 4 is 17.7 Å². The van der Waals surface area contributed by atoms with Crippen LogP contribution in [0.4, 0.5) is 0 Å². The highest BCUT2D eigenvalue weighted by molar-refractivity contribution is 7.99. The third kappa shape index (κ3) is 5.68. The van der Waals surface area contributed by atoms with Crippen molar-refractivity contribution in [2.75, 3.05) is 18.8 Å². The van der Waals surface area contributed by atoms with Crippen molar-refractivity contribution in [3.63, 3.8) is 0 Å². The van der Waals surface area contributed by atoms with Crippen molar-refractivity contribution in [3.05, 3.63) is 58.0 Å². The highest BCUT2D eigenvalue weighted by Gasteiger charge is 2.21. The van der Waals surface area contributed by atoms with E-state index in [1.54, 1.807) is 14.0 Å². The maximum atomic E-state index is 12.3. The molecule has 1 saturated heterocycles. The largest absolute Gasteiger partial charge is 0.353 e. The Balaban J connectivity index is 1.43. The minimum absolute atomic E-state index is 0.00253. The van der Waals surface area contributed by atoms with Crippen LogP contribution in [0.25, 0.3) is 0 Å². The van der Waals surface area contributed by atoms with Crippen LogP contribution in [0.1, 0.15) is 24.1 Å². The maximum Gasteiger partial charge on any atom is 0.254 e.